The van der Waals surface area contributed by atoms with Crippen molar-refractivity contribution in [3.8, 4) is 0 Å². The van der Waals surface area contributed by atoms with Gasteiger partial charge in [-0.3, -0.25) is 9.59 Å². The molecule has 0 spiro atoms. The smallest absolute Gasteiger partial charge is 0.303 e. The van der Waals surface area contributed by atoms with E-state index in [1.807, 2.05) is 24.3 Å². The summed E-state index contributed by atoms with van der Waals surface area (Å²) in [7, 11) is 0. The molecule has 1 aliphatic carbocycles. The molecule has 0 amide bonds. The van der Waals surface area contributed by atoms with Gasteiger partial charge in [0.1, 0.15) is 5.78 Å². The molecule has 1 fully saturated rings. The fourth-order valence-electron chi connectivity index (χ4n) is 3.25. The number of hydrogen-bond donors (Lipinski definition) is 3. The molecule has 0 bridgehead atoms. The highest BCUT2D eigenvalue weighted by atomic mass is 16.4. The summed E-state index contributed by atoms with van der Waals surface area (Å²) in [5, 5.41) is 29.1. The summed E-state index contributed by atoms with van der Waals surface area (Å²) in [6.45, 7) is 5.43. The number of carbonyl (C=O) groups is 2. The van der Waals surface area contributed by atoms with Gasteiger partial charge in [-0.05, 0) is 45.4 Å². The standard InChI is InChI=1S/C21H32O5/c1-3-4-13-21(2,26)14-9-11-17-16(18(22)15-19(17)23)10-7-5-6-8-12-20(24)25/h3,5,7,9,11,16-17,19,23,26H,1,4,6,8,10,12-15H2,2H3,(H,24,25)/t16-,17-,19-,21?/m1/s1. The third-order valence-corrected chi connectivity index (χ3v) is 4.85. The molecule has 0 aromatic heterocycles. The number of carbonyl (C=O) groups excluding carboxylic acids is 1. The molecule has 0 radical (unpaired) electrons. The lowest BCUT2D eigenvalue weighted by Crippen LogP contribution is -2.23. The van der Waals surface area contributed by atoms with Gasteiger partial charge in [0.2, 0.25) is 0 Å². The van der Waals surface area contributed by atoms with Crippen molar-refractivity contribution < 1.29 is 24.9 Å². The highest BCUT2D eigenvalue weighted by molar-refractivity contribution is 5.84. The zero-order valence-corrected chi connectivity index (χ0v) is 15.6. The quantitative estimate of drug-likeness (QED) is 0.364. The first-order valence-corrected chi connectivity index (χ1v) is 9.34. The Kier molecular flexibility index (Phi) is 9.52. The second-order valence-corrected chi connectivity index (χ2v) is 7.37. The van der Waals surface area contributed by atoms with Crippen molar-refractivity contribution in [2.75, 3.05) is 0 Å². The SMILES string of the molecule is C=CCCC(C)(O)CC=C[C@H]1[C@H](O)CC(=O)[C@@H]1CC=CCCCC(=O)O. The molecule has 1 saturated carbocycles. The summed E-state index contributed by atoms with van der Waals surface area (Å²) >= 11 is 0. The Morgan fingerprint density at radius 3 is 2.69 bits per heavy atom. The second kappa shape index (κ2) is 11.1. The largest absolute Gasteiger partial charge is 0.481 e. The Morgan fingerprint density at radius 2 is 2.04 bits per heavy atom. The number of Topliss-reactive ketones (excluding diaryl/α,β-unsaturated/α-hetero) is 1. The molecule has 4 atom stereocenters. The van der Waals surface area contributed by atoms with Crippen molar-refractivity contribution in [1.82, 2.24) is 0 Å². The second-order valence-electron chi connectivity index (χ2n) is 7.37. The fraction of sp³-hybridized carbons (Fsp3) is 0.619. The average molecular weight is 364 g/mol. The van der Waals surface area contributed by atoms with Crippen LogP contribution in [0.5, 0.6) is 0 Å². The van der Waals surface area contributed by atoms with Gasteiger partial charge in [-0.25, -0.2) is 0 Å². The first-order chi connectivity index (χ1) is 12.3. The number of ketones is 1. The number of carboxylic acid groups (broad SMARTS) is 1. The van der Waals surface area contributed by atoms with Gasteiger partial charge in [0.25, 0.3) is 0 Å². The number of unbranched alkanes of at least 4 members (excludes halogenated alkanes) is 1. The number of aliphatic carboxylic acids is 1. The number of hydrogen-bond acceptors (Lipinski definition) is 4. The summed E-state index contributed by atoms with van der Waals surface area (Å²) in [5.74, 6) is -1.24. The molecule has 3 N–H and O–H groups in total. The van der Waals surface area contributed by atoms with E-state index in [1.165, 1.54) is 0 Å². The van der Waals surface area contributed by atoms with Gasteiger partial charge in [-0.2, -0.15) is 0 Å². The fourth-order valence-corrected chi connectivity index (χ4v) is 3.25. The maximum absolute atomic E-state index is 12.1. The van der Waals surface area contributed by atoms with Crippen LogP contribution in [0.4, 0.5) is 0 Å². The molecular formula is C21H32O5. The van der Waals surface area contributed by atoms with Crippen molar-refractivity contribution in [1.29, 1.82) is 0 Å². The van der Waals surface area contributed by atoms with Gasteiger partial charge in [0.15, 0.2) is 0 Å². The van der Waals surface area contributed by atoms with Crippen LogP contribution in [0, 0.1) is 11.8 Å². The van der Waals surface area contributed by atoms with E-state index in [0.717, 1.165) is 6.42 Å². The van der Waals surface area contributed by atoms with Gasteiger partial charge in [0.05, 0.1) is 11.7 Å². The van der Waals surface area contributed by atoms with E-state index in [4.69, 9.17) is 5.11 Å². The molecule has 5 heteroatoms. The zero-order valence-electron chi connectivity index (χ0n) is 15.6. The Balaban J connectivity index is 2.54. The monoisotopic (exact) mass is 364 g/mol. The number of aliphatic hydroxyl groups is 2. The molecule has 0 aromatic carbocycles. The van der Waals surface area contributed by atoms with Gasteiger partial charge < -0.3 is 15.3 Å². The van der Waals surface area contributed by atoms with Crippen LogP contribution in [0.15, 0.2) is 37.0 Å². The van der Waals surface area contributed by atoms with Crippen molar-refractivity contribution in [2.24, 2.45) is 11.8 Å². The first-order valence-electron chi connectivity index (χ1n) is 9.34. The Morgan fingerprint density at radius 1 is 1.31 bits per heavy atom. The first kappa shape index (κ1) is 22.3. The molecule has 0 saturated heterocycles. The maximum Gasteiger partial charge on any atom is 0.303 e. The predicted octanol–water partition coefficient (Wildman–Crippen LogP) is 3.42. The molecule has 5 nitrogen and oxygen atoms in total. The van der Waals surface area contributed by atoms with Crippen molar-refractivity contribution in [3.05, 3.63) is 37.0 Å². The lowest BCUT2D eigenvalue weighted by atomic mass is 9.89. The van der Waals surface area contributed by atoms with Crippen LogP contribution in [0.3, 0.4) is 0 Å². The predicted molar refractivity (Wildman–Crippen MR) is 102 cm³/mol. The van der Waals surface area contributed by atoms with E-state index in [2.05, 4.69) is 6.58 Å². The molecule has 1 aliphatic rings. The van der Waals surface area contributed by atoms with E-state index < -0.39 is 17.7 Å². The number of aliphatic hydroxyl groups excluding tert-OH is 1. The summed E-state index contributed by atoms with van der Waals surface area (Å²) in [4.78, 5) is 22.6. The Labute approximate surface area is 156 Å². The molecule has 1 rings (SSSR count). The van der Waals surface area contributed by atoms with Crippen molar-refractivity contribution >= 4 is 11.8 Å². The third-order valence-electron chi connectivity index (χ3n) is 4.85. The van der Waals surface area contributed by atoms with E-state index in [0.29, 0.717) is 32.1 Å². The topological polar surface area (TPSA) is 94.8 Å². The van der Waals surface area contributed by atoms with Crippen LogP contribution in [0.2, 0.25) is 0 Å². The van der Waals surface area contributed by atoms with Crippen LogP contribution in [-0.2, 0) is 9.59 Å². The van der Waals surface area contributed by atoms with E-state index in [-0.39, 0.29) is 30.5 Å². The van der Waals surface area contributed by atoms with Crippen LogP contribution in [0.1, 0.15) is 58.3 Å². The minimum absolute atomic E-state index is 0.0563. The highest BCUT2D eigenvalue weighted by Crippen LogP contribution is 2.33. The number of carboxylic acids is 1. The molecule has 146 valence electrons. The Hall–Kier alpha value is -1.72. The van der Waals surface area contributed by atoms with Crippen molar-refractivity contribution in [2.45, 2.75) is 70.0 Å². The summed E-state index contributed by atoms with van der Waals surface area (Å²) < 4.78 is 0. The van der Waals surface area contributed by atoms with E-state index >= 15 is 0 Å². The molecular weight excluding hydrogens is 332 g/mol. The van der Waals surface area contributed by atoms with Crippen LogP contribution < -0.4 is 0 Å². The van der Waals surface area contributed by atoms with Gasteiger partial charge >= 0.3 is 5.97 Å². The van der Waals surface area contributed by atoms with Gasteiger partial charge in [-0.15, -0.1) is 6.58 Å². The van der Waals surface area contributed by atoms with Gasteiger partial charge in [-0.1, -0.05) is 30.4 Å². The zero-order chi connectivity index (χ0) is 19.6. The van der Waals surface area contributed by atoms with Gasteiger partial charge in [0, 0.05) is 24.7 Å². The van der Waals surface area contributed by atoms with E-state index in [1.54, 1.807) is 13.0 Å². The lowest BCUT2D eigenvalue weighted by molar-refractivity contribution is -0.137. The number of rotatable bonds is 12. The minimum Gasteiger partial charge on any atom is -0.481 e. The molecule has 26 heavy (non-hydrogen) atoms. The van der Waals surface area contributed by atoms with Crippen LogP contribution in [-0.4, -0.2) is 38.8 Å². The molecule has 0 heterocycles. The minimum atomic E-state index is -0.822. The molecule has 0 aromatic rings. The summed E-state index contributed by atoms with van der Waals surface area (Å²) in [6.07, 6.45) is 12.6. The van der Waals surface area contributed by atoms with Crippen molar-refractivity contribution in [3.63, 3.8) is 0 Å². The number of allylic oxidation sites excluding steroid dienone is 3. The highest BCUT2D eigenvalue weighted by Gasteiger charge is 2.39. The average Bonchev–Trinajstić information content (AvgIpc) is 2.82. The van der Waals surface area contributed by atoms with E-state index in [9.17, 15) is 19.8 Å². The Bertz CT molecular complexity index is 533. The summed E-state index contributed by atoms with van der Waals surface area (Å²) in [6, 6.07) is 0. The molecule has 1 unspecified atom stereocenters. The normalized spacial score (nSPS) is 25.8. The summed E-state index contributed by atoms with van der Waals surface area (Å²) in [5.41, 5.74) is -0.822. The van der Waals surface area contributed by atoms with Crippen LogP contribution in [0.25, 0.3) is 0 Å². The molecule has 0 aliphatic heterocycles. The third kappa shape index (κ3) is 8.11. The van der Waals surface area contributed by atoms with Crippen LogP contribution >= 0.6 is 0 Å². The maximum atomic E-state index is 12.1. The lowest BCUT2D eigenvalue weighted by Gasteiger charge is -2.21.